The molecule has 0 fully saturated rings. The molecule has 0 N–H and O–H groups in total. The Bertz CT molecular complexity index is 86.5. The largest absolute Gasteiger partial charge is 0.373 e. The van der Waals surface area contributed by atoms with Gasteiger partial charge in [-0.2, -0.15) is 0 Å². The van der Waals surface area contributed by atoms with E-state index in [1.165, 1.54) is 0 Å². The topological polar surface area (TPSA) is 21.6 Å². The maximum atomic E-state index is 5.03. The van der Waals surface area contributed by atoms with Crippen LogP contribution in [0.3, 0.4) is 0 Å². The summed E-state index contributed by atoms with van der Waals surface area (Å²) in [6.07, 6.45) is 1.77. The molecule has 0 bridgehead atoms. The van der Waals surface area contributed by atoms with Crippen LogP contribution in [0.1, 0.15) is 13.8 Å². The normalized spacial score (nSPS) is 13.0. The first kappa shape index (κ1) is 7.63. The van der Waals surface area contributed by atoms with Crippen molar-refractivity contribution in [1.82, 2.24) is 0 Å². The Morgan fingerprint density at radius 2 is 2.00 bits per heavy atom. The Labute approximate surface area is 50.6 Å². The number of nitrogens with zero attached hydrogens (tertiary/aromatic N) is 1. The summed E-state index contributed by atoms with van der Waals surface area (Å²) in [6.45, 7) is 3.92. The molecule has 0 aliphatic heterocycles. The van der Waals surface area contributed by atoms with Crippen LogP contribution in [0.15, 0.2) is 4.99 Å². The highest BCUT2D eigenvalue weighted by Crippen LogP contribution is 2.01. The second kappa shape index (κ2) is 2.82. The lowest BCUT2D eigenvalue weighted by atomic mass is 10.2. The average molecular weight is 115 g/mol. The van der Waals surface area contributed by atoms with Gasteiger partial charge >= 0.3 is 0 Å². The molecule has 0 atom stereocenters. The molecule has 0 radical (unpaired) electrons. The van der Waals surface area contributed by atoms with Crippen LogP contribution in [-0.4, -0.2) is 26.0 Å². The molecule has 0 aromatic heterocycles. The highest BCUT2D eigenvalue weighted by molar-refractivity contribution is 5.67. The van der Waals surface area contributed by atoms with Crippen molar-refractivity contribution in [3.8, 4) is 0 Å². The number of ether oxygens (including phenoxy) is 1. The SMILES string of the molecule is CN=CC(C)(C)OC. The quantitative estimate of drug-likeness (QED) is 0.494. The van der Waals surface area contributed by atoms with Crippen molar-refractivity contribution in [2.75, 3.05) is 14.2 Å². The van der Waals surface area contributed by atoms with E-state index >= 15 is 0 Å². The number of methoxy groups -OCH3 is 1. The van der Waals surface area contributed by atoms with Crippen LogP contribution in [0.25, 0.3) is 0 Å². The molecule has 0 saturated carbocycles. The molecule has 0 rings (SSSR count). The summed E-state index contributed by atoms with van der Waals surface area (Å²) in [5, 5.41) is 0. The zero-order valence-corrected chi connectivity index (χ0v) is 5.93. The predicted octanol–water partition coefficient (Wildman–Crippen LogP) is 1.11. The first-order valence-electron chi connectivity index (χ1n) is 2.61. The van der Waals surface area contributed by atoms with Crippen LogP contribution in [0.4, 0.5) is 0 Å². The van der Waals surface area contributed by atoms with Crippen LogP contribution in [-0.2, 0) is 4.74 Å². The van der Waals surface area contributed by atoms with Gasteiger partial charge in [0.15, 0.2) is 0 Å². The number of aliphatic imine (C=N–C) groups is 1. The minimum Gasteiger partial charge on any atom is -0.373 e. The first-order valence-corrected chi connectivity index (χ1v) is 2.61. The Balaban J connectivity index is 3.71. The van der Waals surface area contributed by atoms with Crippen molar-refractivity contribution in [3.05, 3.63) is 0 Å². The Morgan fingerprint density at radius 1 is 1.50 bits per heavy atom. The molecule has 0 aliphatic carbocycles. The third kappa shape index (κ3) is 2.75. The van der Waals surface area contributed by atoms with Crippen molar-refractivity contribution in [2.45, 2.75) is 19.4 Å². The fraction of sp³-hybridized carbons (Fsp3) is 0.833. The smallest absolute Gasteiger partial charge is 0.0967 e. The van der Waals surface area contributed by atoms with E-state index in [4.69, 9.17) is 4.74 Å². The monoisotopic (exact) mass is 115 g/mol. The van der Waals surface area contributed by atoms with E-state index in [0.717, 1.165) is 0 Å². The van der Waals surface area contributed by atoms with Gasteiger partial charge in [-0.15, -0.1) is 0 Å². The molecule has 0 aliphatic rings. The van der Waals surface area contributed by atoms with Crippen LogP contribution in [0, 0.1) is 0 Å². The lowest BCUT2D eigenvalue weighted by molar-refractivity contribution is 0.0871. The van der Waals surface area contributed by atoms with E-state index in [-0.39, 0.29) is 5.60 Å². The Morgan fingerprint density at radius 3 is 2.12 bits per heavy atom. The highest BCUT2D eigenvalue weighted by atomic mass is 16.5. The van der Waals surface area contributed by atoms with Gasteiger partial charge in [-0.3, -0.25) is 4.99 Å². The van der Waals surface area contributed by atoms with E-state index in [1.807, 2.05) is 13.8 Å². The molecular formula is C6H13NO. The van der Waals surface area contributed by atoms with Crippen LogP contribution in [0.5, 0.6) is 0 Å². The summed E-state index contributed by atoms with van der Waals surface area (Å²) in [5.41, 5.74) is -0.200. The second-order valence-electron chi connectivity index (χ2n) is 2.19. The van der Waals surface area contributed by atoms with Gasteiger partial charge in [-0.25, -0.2) is 0 Å². The van der Waals surface area contributed by atoms with Gasteiger partial charge in [0.25, 0.3) is 0 Å². The third-order valence-electron chi connectivity index (χ3n) is 0.966. The van der Waals surface area contributed by atoms with Gasteiger partial charge in [0.05, 0.1) is 5.60 Å². The van der Waals surface area contributed by atoms with E-state index in [9.17, 15) is 0 Å². The van der Waals surface area contributed by atoms with E-state index in [0.29, 0.717) is 0 Å². The summed E-state index contributed by atoms with van der Waals surface area (Å²) in [7, 11) is 3.41. The summed E-state index contributed by atoms with van der Waals surface area (Å²) >= 11 is 0. The van der Waals surface area contributed by atoms with Crippen molar-refractivity contribution in [1.29, 1.82) is 0 Å². The van der Waals surface area contributed by atoms with Crippen molar-refractivity contribution < 1.29 is 4.74 Å². The van der Waals surface area contributed by atoms with Gasteiger partial charge in [0.2, 0.25) is 0 Å². The van der Waals surface area contributed by atoms with Gasteiger partial charge in [0, 0.05) is 20.4 Å². The molecule has 0 unspecified atom stereocenters. The standard InChI is InChI=1S/C6H13NO/c1-6(2,8-4)5-7-3/h5H,1-4H3. The third-order valence-corrected chi connectivity index (χ3v) is 0.966. The highest BCUT2D eigenvalue weighted by Gasteiger charge is 2.10. The minimum absolute atomic E-state index is 0.200. The number of hydrogen-bond acceptors (Lipinski definition) is 2. The van der Waals surface area contributed by atoms with Gasteiger partial charge in [0.1, 0.15) is 0 Å². The van der Waals surface area contributed by atoms with E-state index < -0.39 is 0 Å². The predicted molar refractivity (Wildman–Crippen MR) is 35.5 cm³/mol. The molecular weight excluding hydrogens is 102 g/mol. The summed E-state index contributed by atoms with van der Waals surface area (Å²) < 4.78 is 5.03. The lowest BCUT2D eigenvalue weighted by Gasteiger charge is -2.15. The zero-order valence-electron chi connectivity index (χ0n) is 5.93. The number of rotatable bonds is 2. The van der Waals surface area contributed by atoms with Gasteiger partial charge < -0.3 is 4.74 Å². The van der Waals surface area contributed by atoms with Crippen LogP contribution in [0.2, 0.25) is 0 Å². The number of hydrogen-bond donors (Lipinski definition) is 0. The van der Waals surface area contributed by atoms with Crippen molar-refractivity contribution in [3.63, 3.8) is 0 Å². The van der Waals surface area contributed by atoms with Crippen LogP contribution < -0.4 is 0 Å². The zero-order chi connectivity index (χ0) is 6.62. The first-order chi connectivity index (χ1) is 3.62. The molecule has 0 amide bonds. The van der Waals surface area contributed by atoms with Gasteiger partial charge in [-0.1, -0.05) is 0 Å². The Kier molecular flexibility index (Phi) is 2.69. The maximum Gasteiger partial charge on any atom is 0.0967 e. The molecule has 2 nitrogen and oxygen atoms in total. The van der Waals surface area contributed by atoms with Crippen molar-refractivity contribution in [2.24, 2.45) is 4.99 Å². The average Bonchev–Trinajstić information content (AvgIpc) is 1.67. The van der Waals surface area contributed by atoms with E-state index in [1.54, 1.807) is 20.4 Å². The molecule has 0 heterocycles. The van der Waals surface area contributed by atoms with Crippen LogP contribution >= 0.6 is 0 Å². The summed E-state index contributed by atoms with van der Waals surface area (Å²) in [4.78, 5) is 3.83. The molecule has 0 spiro atoms. The fourth-order valence-electron chi connectivity index (χ4n) is 0.364. The molecule has 2 heteroatoms. The maximum absolute atomic E-state index is 5.03. The fourth-order valence-corrected chi connectivity index (χ4v) is 0.364. The molecule has 48 valence electrons. The lowest BCUT2D eigenvalue weighted by Crippen LogP contribution is -2.23. The van der Waals surface area contributed by atoms with Crippen molar-refractivity contribution >= 4 is 6.21 Å². The second-order valence-corrected chi connectivity index (χ2v) is 2.19. The summed E-state index contributed by atoms with van der Waals surface area (Å²) in [5.74, 6) is 0. The molecule has 0 saturated heterocycles. The Hall–Kier alpha value is -0.370. The molecule has 8 heavy (non-hydrogen) atoms. The molecule has 0 aromatic rings. The minimum atomic E-state index is -0.200. The van der Waals surface area contributed by atoms with E-state index in [2.05, 4.69) is 4.99 Å². The van der Waals surface area contributed by atoms with Gasteiger partial charge in [-0.05, 0) is 13.8 Å². The summed E-state index contributed by atoms with van der Waals surface area (Å²) in [6, 6.07) is 0. The molecule has 0 aromatic carbocycles.